The molecule has 5 rings (SSSR count). The number of rotatable bonds is 18. The Morgan fingerprint density at radius 1 is 1.02 bits per heavy atom. The molecule has 274 valence electrons. The molecule has 3 aromatic heterocycles. The van der Waals surface area contributed by atoms with Crippen molar-refractivity contribution < 1.29 is 38.2 Å². The van der Waals surface area contributed by atoms with Gasteiger partial charge in [0, 0.05) is 24.9 Å². The predicted octanol–water partition coefficient (Wildman–Crippen LogP) is 5.03. The van der Waals surface area contributed by atoms with Gasteiger partial charge in [-0.2, -0.15) is 5.21 Å². The largest absolute Gasteiger partial charge is 0.519 e. The standard InChI is InChI=1S/C32H33ClN8O11/c1-4-5-10-26-34-29(33)27(39(26)16-20-11-13-21(14-12-20)22-8-6-7-9-23(22)30-35-37-38-36-30)31(42)48-17-25-24(49-32(43)50-25)15-18(2)28(52-41(46)47)19(3)51-40(44)45/h6-9,11-14,18-19,28H,4-5,10,15-17H2,1-3H3,(H,35,36,37,38)/t18?,19-,28-/m0/s1. The number of aromatic nitrogens is 6. The molecule has 1 unspecified atom stereocenters. The van der Waals surface area contributed by atoms with E-state index in [1.54, 1.807) is 4.57 Å². The molecule has 0 saturated carbocycles. The summed E-state index contributed by atoms with van der Waals surface area (Å²) in [7, 11) is 0. The number of unbranched alkanes of at least 4 members (excludes halogenated alkanes) is 1. The lowest BCUT2D eigenvalue weighted by Gasteiger charge is -2.25. The van der Waals surface area contributed by atoms with Gasteiger partial charge >= 0.3 is 11.8 Å². The Morgan fingerprint density at radius 2 is 1.71 bits per heavy atom. The van der Waals surface area contributed by atoms with Gasteiger partial charge in [-0.15, -0.1) is 30.4 Å². The number of carbonyl (C=O) groups excluding carboxylic acids is 1. The molecule has 5 aromatic rings. The molecule has 19 nitrogen and oxygen atoms in total. The van der Waals surface area contributed by atoms with Crippen LogP contribution < -0.4 is 5.82 Å². The average Bonchev–Trinajstić information content (AvgIpc) is 3.84. The third-order valence-corrected chi connectivity index (χ3v) is 8.38. The summed E-state index contributed by atoms with van der Waals surface area (Å²) in [5.41, 5.74) is 3.41. The Labute approximate surface area is 299 Å². The highest BCUT2D eigenvalue weighted by atomic mass is 35.5. The molecule has 0 spiro atoms. The van der Waals surface area contributed by atoms with Crippen LogP contribution in [0.3, 0.4) is 0 Å². The number of ether oxygens (including phenoxy) is 1. The van der Waals surface area contributed by atoms with Crippen LogP contribution in [-0.4, -0.2) is 58.5 Å². The van der Waals surface area contributed by atoms with Crippen molar-refractivity contribution in [3.63, 3.8) is 0 Å². The number of carbonyl (C=O) groups is 1. The minimum absolute atomic E-state index is 0.0229. The van der Waals surface area contributed by atoms with E-state index in [2.05, 4.69) is 35.3 Å². The second-order valence-corrected chi connectivity index (χ2v) is 12.1. The molecule has 0 saturated heterocycles. The van der Waals surface area contributed by atoms with Gasteiger partial charge in [-0.3, -0.25) is 0 Å². The summed E-state index contributed by atoms with van der Waals surface area (Å²) in [6.07, 6.45) is -0.836. The third-order valence-electron chi connectivity index (χ3n) is 8.12. The summed E-state index contributed by atoms with van der Waals surface area (Å²) < 4.78 is 17.4. The van der Waals surface area contributed by atoms with E-state index in [0.717, 1.165) is 35.1 Å². The fourth-order valence-corrected chi connectivity index (χ4v) is 5.97. The van der Waals surface area contributed by atoms with Crippen LogP contribution in [0.15, 0.2) is 62.2 Å². The van der Waals surface area contributed by atoms with Crippen LogP contribution in [0.25, 0.3) is 22.5 Å². The molecule has 3 atom stereocenters. The monoisotopic (exact) mass is 740 g/mol. The summed E-state index contributed by atoms with van der Waals surface area (Å²) in [4.78, 5) is 61.1. The van der Waals surface area contributed by atoms with Crippen molar-refractivity contribution in [1.29, 1.82) is 0 Å². The normalized spacial score (nSPS) is 12.9. The van der Waals surface area contributed by atoms with E-state index in [1.807, 2.05) is 55.5 Å². The van der Waals surface area contributed by atoms with E-state index in [9.17, 15) is 29.8 Å². The first kappa shape index (κ1) is 37.2. The van der Waals surface area contributed by atoms with Gasteiger partial charge in [0.25, 0.3) is 10.2 Å². The van der Waals surface area contributed by atoms with E-state index in [1.165, 1.54) is 13.8 Å². The second kappa shape index (κ2) is 16.7. The average molecular weight is 741 g/mol. The minimum Gasteiger partial charge on any atom is -0.453 e. The van der Waals surface area contributed by atoms with Gasteiger partial charge < -0.3 is 27.8 Å². The summed E-state index contributed by atoms with van der Waals surface area (Å²) >= 11 is 6.52. The predicted molar refractivity (Wildman–Crippen MR) is 179 cm³/mol. The SMILES string of the molecule is CCCCc1nc(Cl)c(C(=O)OCc2oc(=O)oc2CC(C)[C@H](O[N+](=O)[O-])[C@H](C)O[N+](=O)[O-])n1Cc1ccc(-c2ccccc2-c2nn[nH]n2)cc1. The van der Waals surface area contributed by atoms with Gasteiger partial charge in [0.15, 0.2) is 29.0 Å². The number of tetrazole rings is 1. The maximum absolute atomic E-state index is 13.6. The first-order valence-electron chi connectivity index (χ1n) is 16.0. The number of hydrogen-bond donors (Lipinski definition) is 1. The van der Waals surface area contributed by atoms with Crippen LogP contribution in [0.1, 0.15) is 67.0 Å². The van der Waals surface area contributed by atoms with Crippen LogP contribution in [0.2, 0.25) is 5.15 Å². The number of hydrogen-bond acceptors (Lipinski definition) is 15. The van der Waals surface area contributed by atoms with Crippen molar-refractivity contribution >= 4 is 17.6 Å². The van der Waals surface area contributed by atoms with Crippen molar-refractivity contribution in [1.82, 2.24) is 30.2 Å². The molecule has 0 aliphatic heterocycles. The van der Waals surface area contributed by atoms with E-state index < -0.39 is 46.7 Å². The van der Waals surface area contributed by atoms with Gasteiger partial charge in [0.05, 0.1) is 0 Å². The Bertz CT molecular complexity index is 2060. The number of aryl methyl sites for hydroxylation is 1. The zero-order valence-electron chi connectivity index (χ0n) is 28.1. The van der Waals surface area contributed by atoms with Crippen molar-refractivity contribution in [2.24, 2.45) is 5.92 Å². The molecule has 0 radical (unpaired) electrons. The van der Waals surface area contributed by atoms with Crippen LogP contribution in [0, 0.1) is 26.1 Å². The third kappa shape index (κ3) is 8.97. The number of nitrogens with zero attached hydrogens (tertiary/aromatic N) is 7. The highest BCUT2D eigenvalue weighted by Gasteiger charge is 2.33. The summed E-state index contributed by atoms with van der Waals surface area (Å²) in [6.45, 7) is 4.35. The van der Waals surface area contributed by atoms with Gasteiger partial charge in [0.2, 0.25) is 5.82 Å². The fourth-order valence-electron chi connectivity index (χ4n) is 5.69. The maximum Gasteiger partial charge on any atom is 0.519 e. The Kier molecular flexibility index (Phi) is 12.0. The first-order chi connectivity index (χ1) is 24.9. The molecule has 1 N–H and O–H groups in total. The molecule has 0 aliphatic carbocycles. The van der Waals surface area contributed by atoms with E-state index in [4.69, 9.17) is 25.2 Å². The smallest absolute Gasteiger partial charge is 0.453 e. The number of imidazole rings is 1. The molecule has 20 heteroatoms. The van der Waals surface area contributed by atoms with E-state index in [0.29, 0.717) is 18.1 Å². The molecule has 0 bridgehead atoms. The van der Waals surface area contributed by atoms with Gasteiger partial charge in [-0.05, 0) is 41.2 Å². The number of benzene rings is 2. The van der Waals surface area contributed by atoms with E-state index >= 15 is 0 Å². The number of H-pyrrole nitrogens is 1. The van der Waals surface area contributed by atoms with Crippen molar-refractivity contribution in [3.05, 3.63) is 113 Å². The molecule has 3 heterocycles. The Morgan fingerprint density at radius 3 is 2.37 bits per heavy atom. The maximum atomic E-state index is 13.6. The highest BCUT2D eigenvalue weighted by molar-refractivity contribution is 6.32. The van der Waals surface area contributed by atoms with Crippen LogP contribution >= 0.6 is 11.6 Å². The lowest BCUT2D eigenvalue weighted by atomic mass is 9.95. The van der Waals surface area contributed by atoms with E-state index in [-0.39, 0.29) is 35.3 Å². The second-order valence-electron chi connectivity index (χ2n) is 11.7. The van der Waals surface area contributed by atoms with Crippen molar-refractivity contribution in [2.75, 3.05) is 0 Å². The number of aromatic amines is 1. The zero-order chi connectivity index (χ0) is 37.4. The van der Waals surface area contributed by atoms with Crippen molar-refractivity contribution in [3.8, 4) is 22.5 Å². The summed E-state index contributed by atoms with van der Waals surface area (Å²) in [6, 6.07) is 15.3. The zero-order valence-corrected chi connectivity index (χ0v) is 28.8. The Balaban J connectivity index is 1.35. The molecule has 52 heavy (non-hydrogen) atoms. The Hall–Kier alpha value is -6.11. The molecule has 2 aromatic carbocycles. The molecular weight excluding hydrogens is 708 g/mol. The topological polar surface area (TPSA) is 247 Å². The molecule has 0 aliphatic rings. The number of nitrogens with one attached hydrogen (secondary N) is 1. The van der Waals surface area contributed by atoms with Crippen LogP contribution in [-0.2, 0) is 40.4 Å². The highest BCUT2D eigenvalue weighted by Crippen LogP contribution is 2.30. The molecule has 0 amide bonds. The van der Waals surface area contributed by atoms with Gasteiger partial charge in [-0.1, -0.05) is 80.4 Å². The summed E-state index contributed by atoms with van der Waals surface area (Å²) in [5.74, 6) is -2.13. The van der Waals surface area contributed by atoms with Crippen LogP contribution in [0.5, 0.6) is 0 Å². The minimum atomic E-state index is -1.43. The quantitative estimate of drug-likeness (QED) is 0.0703. The number of halogens is 1. The van der Waals surface area contributed by atoms with Crippen LogP contribution in [0.4, 0.5) is 0 Å². The lowest BCUT2D eigenvalue weighted by Crippen LogP contribution is -2.38. The lowest BCUT2D eigenvalue weighted by molar-refractivity contribution is -0.799. The van der Waals surface area contributed by atoms with Crippen molar-refractivity contribution in [2.45, 2.75) is 71.8 Å². The summed E-state index contributed by atoms with van der Waals surface area (Å²) in [5, 5.41) is 33.9. The first-order valence-corrected chi connectivity index (χ1v) is 16.4. The number of esters is 1. The fraction of sp³-hybridized carbons (Fsp3) is 0.375. The van der Waals surface area contributed by atoms with Gasteiger partial charge in [0.1, 0.15) is 18.0 Å². The molecule has 0 fully saturated rings. The molecular formula is C32H33ClN8O11. The van der Waals surface area contributed by atoms with Gasteiger partial charge in [-0.25, -0.2) is 14.6 Å².